The molecule has 2 N–H and O–H groups in total. The molecule has 1 fully saturated rings. The van der Waals surface area contributed by atoms with Crippen molar-refractivity contribution in [3.8, 4) is 0 Å². The Bertz CT molecular complexity index is 573. The Labute approximate surface area is 121 Å². The van der Waals surface area contributed by atoms with Gasteiger partial charge in [-0.25, -0.2) is 0 Å². The molecule has 0 spiro atoms. The molecule has 3 rings (SSSR count). The first kappa shape index (κ1) is 13.6. The van der Waals surface area contributed by atoms with Crippen LogP contribution >= 0.6 is 0 Å². The molecular formula is C18H24N2. The molecule has 1 aromatic heterocycles. The van der Waals surface area contributed by atoms with E-state index in [1.165, 1.54) is 48.4 Å². The Morgan fingerprint density at radius 3 is 2.95 bits per heavy atom. The Hall–Kier alpha value is -1.41. The van der Waals surface area contributed by atoms with Crippen molar-refractivity contribution in [3.05, 3.63) is 42.2 Å². The standard InChI is InChI=1S/C18H24N2/c1-2-13-6-5-8-14(10-13)18(19)17-12-20-11-15-7-3-4-9-16(15)17/h3-4,7,9,11-14,18H,2,5-6,8,10,19H2,1H3. The molecular weight excluding hydrogens is 244 g/mol. The van der Waals surface area contributed by atoms with Crippen molar-refractivity contribution in [2.24, 2.45) is 17.6 Å². The number of rotatable bonds is 3. The number of pyridine rings is 1. The topological polar surface area (TPSA) is 38.9 Å². The van der Waals surface area contributed by atoms with Gasteiger partial charge >= 0.3 is 0 Å². The van der Waals surface area contributed by atoms with E-state index < -0.39 is 0 Å². The maximum Gasteiger partial charge on any atom is 0.0346 e. The lowest BCUT2D eigenvalue weighted by molar-refractivity contribution is 0.231. The molecule has 1 aliphatic rings. The molecule has 3 unspecified atom stereocenters. The van der Waals surface area contributed by atoms with E-state index >= 15 is 0 Å². The van der Waals surface area contributed by atoms with Gasteiger partial charge in [-0.05, 0) is 35.6 Å². The third kappa shape index (κ3) is 2.57. The smallest absolute Gasteiger partial charge is 0.0346 e. The molecule has 0 saturated heterocycles. The lowest BCUT2D eigenvalue weighted by atomic mass is 9.75. The molecule has 20 heavy (non-hydrogen) atoms. The molecule has 2 aromatic rings. The molecule has 1 aromatic carbocycles. The fourth-order valence-electron chi connectivity index (χ4n) is 3.69. The minimum absolute atomic E-state index is 0.128. The molecule has 0 amide bonds. The first-order valence-corrected chi connectivity index (χ1v) is 7.87. The summed E-state index contributed by atoms with van der Waals surface area (Å²) in [6.45, 7) is 2.30. The first-order chi connectivity index (χ1) is 9.79. The summed E-state index contributed by atoms with van der Waals surface area (Å²) in [6.07, 6.45) is 10.4. The van der Waals surface area contributed by atoms with E-state index in [2.05, 4.69) is 36.2 Å². The minimum atomic E-state index is 0.128. The van der Waals surface area contributed by atoms with Gasteiger partial charge in [-0.15, -0.1) is 0 Å². The zero-order chi connectivity index (χ0) is 13.9. The highest BCUT2D eigenvalue weighted by molar-refractivity contribution is 5.85. The molecule has 1 aliphatic carbocycles. The van der Waals surface area contributed by atoms with Crippen molar-refractivity contribution in [2.75, 3.05) is 0 Å². The maximum atomic E-state index is 6.61. The zero-order valence-corrected chi connectivity index (χ0v) is 12.3. The molecule has 2 heteroatoms. The molecule has 1 heterocycles. The Kier molecular flexibility index (Phi) is 4.02. The van der Waals surface area contributed by atoms with Gasteiger partial charge in [-0.2, -0.15) is 0 Å². The van der Waals surface area contributed by atoms with E-state index in [0.717, 1.165) is 5.92 Å². The van der Waals surface area contributed by atoms with Gasteiger partial charge < -0.3 is 5.73 Å². The van der Waals surface area contributed by atoms with Crippen LogP contribution in [-0.2, 0) is 0 Å². The predicted octanol–water partition coefficient (Wildman–Crippen LogP) is 4.45. The van der Waals surface area contributed by atoms with Gasteiger partial charge in [-0.1, -0.05) is 50.5 Å². The van der Waals surface area contributed by atoms with Crippen LogP contribution in [0.4, 0.5) is 0 Å². The highest BCUT2D eigenvalue weighted by Crippen LogP contribution is 2.38. The average molecular weight is 268 g/mol. The third-order valence-electron chi connectivity index (χ3n) is 4.97. The monoisotopic (exact) mass is 268 g/mol. The van der Waals surface area contributed by atoms with Crippen molar-refractivity contribution in [2.45, 2.75) is 45.1 Å². The normalized spacial score (nSPS) is 24.7. The van der Waals surface area contributed by atoms with E-state index in [1.54, 1.807) is 0 Å². The largest absolute Gasteiger partial charge is 0.324 e. The Morgan fingerprint density at radius 1 is 1.25 bits per heavy atom. The van der Waals surface area contributed by atoms with Gasteiger partial charge in [0.1, 0.15) is 0 Å². The highest BCUT2D eigenvalue weighted by Gasteiger charge is 2.27. The van der Waals surface area contributed by atoms with Gasteiger partial charge in [0.15, 0.2) is 0 Å². The number of hydrogen-bond acceptors (Lipinski definition) is 2. The van der Waals surface area contributed by atoms with Crippen LogP contribution in [0.25, 0.3) is 10.8 Å². The van der Waals surface area contributed by atoms with Crippen LogP contribution in [0.2, 0.25) is 0 Å². The van der Waals surface area contributed by atoms with Crippen LogP contribution in [0.1, 0.15) is 50.6 Å². The fraction of sp³-hybridized carbons (Fsp3) is 0.500. The zero-order valence-electron chi connectivity index (χ0n) is 12.3. The number of nitrogens with two attached hydrogens (primary N) is 1. The van der Waals surface area contributed by atoms with Gasteiger partial charge in [-0.3, -0.25) is 4.98 Å². The van der Waals surface area contributed by atoms with E-state index in [0.29, 0.717) is 5.92 Å². The van der Waals surface area contributed by atoms with Crippen molar-refractivity contribution >= 4 is 10.8 Å². The number of hydrogen-bond donors (Lipinski definition) is 1. The first-order valence-electron chi connectivity index (χ1n) is 7.87. The highest BCUT2D eigenvalue weighted by atomic mass is 14.7. The molecule has 2 nitrogen and oxygen atoms in total. The summed E-state index contributed by atoms with van der Waals surface area (Å²) in [6, 6.07) is 8.57. The number of benzene rings is 1. The van der Waals surface area contributed by atoms with Crippen molar-refractivity contribution in [1.29, 1.82) is 0 Å². The van der Waals surface area contributed by atoms with Gasteiger partial charge in [0.2, 0.25) is 0 Å². The quantitative estimate of drug-likeness (QED) is 0.893. The number of aromatic nitrogens is 1. The lowest BCUT2D eigenvalue weighted by Crippen LogP contribution is -2.27. The van der Waals surface area contributed by atoms with Crippen molar-refractivity contribution in [3.63, 3.8) is 0 Å². The maximum absolute atomic E-state index is 6.61. The molecule has 3 atom stereocenters. The second-order valence-electron chi connectivity index (χ2n) is 6.18. The summed E-state index contributed by atoms with van der Waals surface area (Å²) < 4.78 is 0. The van der Waals surface area contributed by atoms with Gasteiger partial charge in [0.05, 0.1) is 0 Å². The molecule has 1 saturated carbocycles. The number of fused-ring (bicyclic) bond motifs is 1. The fourth-order valence-corrected chi connectivity index (χ4v) is 3.69. The van der Waals surface area contributed by atoms with E-state index in [9.17, 15) is 0 Å². The van der Waals surface area contributed by atoms with Crippen molar-refractivity contribution < 1.29 is 0 Å². The second-order valence-corrected chi connectivity index (χ2v) is 6.18. The van der Waals surface area contributed by atoms with Crippen LogP contribution in [0.3, 0.4) is 0 Å². The summed E-state index contributed by atoms with van der Waals surface area (Å²) in [5.41, 5.74) is 7.84. The van der Waals surface area contributed by atoms with E-state index in [4.69, 9.17) is 5.73 Å². The average Bonchev–Trinajstić information content (AvgIpc) is 2.53. The minimum Gasteiger partial charge on any atom is -0.324 e. The van der Waals surface area contributed by atoms with Crippen LogP contribution in [0.15, 0.2) is 36.7 Å². The number of nitrogens with zero attached hydrogens (tertiary/aromatic N) is 1. The lowest BCUT2D eigenvalue weighted by Gasteiger charge is -2.33. The van der Waals surface area contributed by atoms with Crippen LogP contribution in [-0.4, -0.2) is 4.98 Å². The predicted molar refractivity (Wildman–Crippen MR) is 84.4 cm³/mol. The van der Waals surface area contributed by atoms with Crippen LogP contribution < -0.4 is 5.73 Å². The summed E-state index contributed by atoms with van der Waals surface area (Å²) in [4.78, 5) is 4.39. The SMILES string of the molecule is CCC1CCCC(C(N)c2cncc3ccccc23)C1. The van der Waals surface area contributed by atoms with Crippen LogP contribution in [0.5, 0.6) is 0 Å². The third-order valence-corrected chi connectivity index (χ3v) is 4.97. The van der Waals surface area contributed by atoms with Crippen LogP contribution in [0, 0.1) is 11.8 Å². The summed E-state index contributed by atoms with van der Waals surface area (Å²) in [5, 5.41) is 2.47. The molecule has 0 bridgehead atoms. The summed E-state index contributed by atoms with van der Waals surface area (Å²) in [7, 11) is 0. The summed E-state index contributed by atoms with van der Waals surface area (Å²) in [5.74, 6) is 1.48. The summed E-state index contributed by atoms with van der Waals surface area (Å²) >= 11 is 0. The Balaban J connectivity index is 1.90. The van der Waals surface area contributed by atoms with Gasteiger partial charge in [0.25, 0.3) is 0 Å². The van der Waals surface area contributed by atoms with E-state index in [1.807, 2.05) is 12.4 Å². The second kappa shape index (κ2) is 5.92. The van der Waals surface area contributed by atoms with E-state index in [-0.39, 0.29) is 6.04 Å². The Morgan fingerprint density at radius 2 is 2.10 bits per heavy atom. The van der Waals surface area contributed by atoms with Gasteiger partial charge in [0, 0.05) is 23.8 Å². The van der Waals surface area contributed by atoms with Crippen molar-refractivity contribution in [1.82, 2.24) is 4.98 Å². The molecule has 0 aliphatic heterocycles. The molecule has 0 radical (unpaired) electrons. The molecule has 106 valence electrons.